The number of nitrogens with one attached hydrogen (secondary N) is 1. The maximum Gasteiger partial charge on any atom is 1.00 e. The first-order valence-electron chi connectivity index (χ1n) is 5.40. The molecule has 1 radical (unpaired) electrons. The van der Waals surface area contributed by atoms with Crippen LogP contribution in [-0.4, -0.2) is 19.1 Å². The van der Waals surface area contributed by atoms with Crippen molar-refractivity contribution >= 4 is 5.97 Å². The van der Waals surface area contributed by atoms with Crippen molar-refractivity contribution in [3.8, 4) is 0 Å². The van der Waals surface area contributed by atoms with Gasteiger partial charge >= 0.3 is 31.3 Å². The van der Waals surface area contributed by atoms with E-state index in [1.54, 1.807) is 6.92 Å². The van der Waals surface area contributed by atoms with Crippen LogP contribution in [0.4, 0.5) is 0 Å². The molecule has 1 aromatic heterocycles. The molecule has 0 bridgehead atoms. The van der Waals surface area contributed by atoms with E-state index in [1.807, 2.05) is 13.8 Å². The molecule has 7 heteroatoms. The third-order valence-electron chi connectivity index (χ3n) is 1.56. The number of carbonyl (C=O) groups is 1. The molecule has 6 nitrogen and oxygen atoms in total. The minimum absolute atomic E-state index is 0. The van der Waals surface area contributed by atoms with Gasteiger partial charge < -0.3 is 18.9 Å². The Hall–Kier alpha value is -1.07. The summed E-state index contributed by atoms with van der Waals surface area (Å²) < 4.78 is 14.0. The van der Waals surface area contributed by atoms with Crippen LogP contribution in [0.3, 0.4) is 0 Å². The summed E-state index contributed by atoms with van der Waals surface area (Å²) >= 11 is 0. The summed E-state index contributed by atoms with van der Waals surface area (Å²) in [5, 5.41) is 2.82. The normalized spacial score (nSPS) is 8.67. The number of aryl methyl sites for hydroxylation is 1. The Bertz CT molecular complexity index is 385. The second kappa shape index (κ2) is 11.0. The minimum Gasteiger partial charge on any atom is -0.489 e. The summed E-state index contributed by atoms with van der Waals surface area (Å²) in [5.74, 6) is -0.328. The van der Waals surface area contributed by atoms with Gasteiger partial charge in [0.05, 0.1) is 0 Å². The topological polar surface area (TPSA) is 81.7 Å². The average molecular weight is 345 g/mol. The van der Waals surface area contributed by atoms with Gasteiger partial charge in [-0.25, -0.2) is 4.79 Å². The smallest absolute Gasteiger partial charge is 0.489 e. The Balaban J connectivity index is 0. The number of ether oxygens (including phenoxy) is 1. The van der Waals surface area contributed by atoms with Crippen molar-refractivity contribution in [2.45, 2.75) is 27.7 Å². The number of esters is 1. The Morgan fingerprint density at radius 2 is 2.00 bits per heavy atom. The van der Waals surface area contributed by atoms with Gasteiger partial charge in [-0.05, 0) is 5.76 Å². The minimum atomic E-state index is -0.736. The van der Waals surface area contributed by atoms with Crippen molar-refractivity contribution < 1.29 is 37.8 Å². The molecule has 0 amide bonds. The number of carbonyl (C=O) groups excluding carboxylic acids is 1. The fourth-order valence-corrected chi connectivity index (χ4v) is 0.907. The van der Waals surface area contributed by atoms with E-state index < -0.39 is 5.82 Å². The van der Waals surface area contributed by atoms with E-state index in [-0.39, 0.29) is 32.1 Å². The Morgan fingerprint density at radius 1 is 1.39 bits per heavy atom. The van der Waals surface area contributed by atoms with Crippen LogP contribution in [0.15, 0.2) is 13.6 Å². The van der Waals surface area contributed by atoms with E-state index in [4.69, 9.17) is 4.42 Å². The zero-order chi connectivity index (χ0) is 13.3. The van der Waals surface area contributed by atoms with E-state index in [0.29, 0.717) is 18.1 Å². The van der Waals surface area contributed by atoms with Crippen molar-refractivity contribution in [2.75, 3.05) is 13.2 Å². The Labute approximate surface area is 119 Å². The zero-order valence-corrected chi connectivity index (χ0v) is 12.6. The Morgan fingerprint density at radius 3 is 2.44 bits per heavy atom. The van der Waals surface area contributed by atoms with Crippen molar-refractivity contribution in [3.63, 3.8) is 0 Å². The van der Waals surface area contributed by atoms with E-state index in [1.165, 1.54) is 13.5 Å². The van der Waals surface area contributed by atoms with Crippen molar-refractivity contribution in [1.29, 1.82) is 0 Å². The molecule has 0 aliphatic heterocycles. The molecule has 0 atom stereocenters. The molecule has 1 heterocycles. The third kappa shape index (κ3) is 8.09. The van der Waals surface area contributed by atoms with Gasteiger partial charge in [0.2, 0.25) is 0 Å². The predicted molar refractivity (Wildman–Crippen MR) is 61.4 cm³/mol. The first-order chi connectivity index (χ1) is 8.09. The molecule has 0 aliphatic carbocycles. The fraction of sp³-hybridized carbons (Fsp3) is 0.545. The fourth-order valence-electron chi connectivity index (χ4n) is 0.907. The second-order valence-corrected chi connectivity index (χ2v) is 2.81. The SMILES string of the molecule is CC.CC(=O)OCCN[CH-]c1oc(=O)oc1C.[Ru+]. The maximum atomic E-state index is 10.6. The van der Waals surface area contributed by atoms with Crippen molar-refractivity contribution in [1.82, 2.24) is 5.32 Å². The molecule has 1 N–H and O–H groups in total. The largest absolute Gasteiger partial charge is 1.00 e. The predicted octanol–water partition coefficient (Wildman–Crippen LogP) is 1.23. The summed E-state index contributed by atoms with van der Waals surface area (Å²) in [6.45, 7) is 9.14. The maximum absolute atomic E-state index is 10.6. The molecular formula is C11H18NO5Ru. The molecule has 0 spiro atoms. The van der Waals surface area contributed by atoms with Crippen LogP contribution in [0.1, 0.15) is 32.3 Å². The van der Waals surface area contributed by atoms with Crippen molar-refractivity contribution in [3.05, 3.63) is 28.7 Å². The molecule has 0 aliphatic rings. The second-order valence-electron chi connectivity index (χ2n) is 2.81. The van der Waals surface area contributed by atoms with Crippen LogP contribution in [0.25, 0.3) is 0 Å². The summed E-state index contributed by atoms with van der Waals surface area (Å²) in [7, 11) is 0. The van der Waals surface area contributed by atoms with E-state index >= 15 is 0 Å². The van der Waals surface area contributed by atoms with Gasteiger partial charge in [0.15, 0.2) is 0 Å². The molecular weight excluding hydrogens is 327 g/mol. The van der Waals surface area contributed by atoms with Crippen LogP contribution in [0.5, 0.6) is 0 Å². The van der Waals surface area contributed by atoms with Gasteiger partial charge in [-0.2, -0.15) is 0 Å². The van der Waals surface area contributed by atoms with Crippen LogP contribution < -0.4 is 11.1 Å². The zero-order valence-electron chi connectivity index (χ0n) is 10.9. The standard InChI is InChI=1S/C9H12NO5.C2H6.Ru/c1-6-8(15-9(12)14-6)5-10-3-4-13-7(2)11;1-2;/h5,10H,3-4H2,1-2H3;1-2H3;/q-1;;+1. The molecule has 105 valence electrons. The van der Waals surface area contributed by atoms with E-state index in [2.05, 4.69) is 14.5 Å². The first-order valence-corrected chi connectivity index (χ1v) is 5.40. The van der Waals surface area contributed by atoms with Gasteiger partial charge in [-0.1, -0.05) is 20.8 Å². The molecule has 18 heavy (non-hydrogen) atoms. The van der Waals surface area contributed by atoms with Gasteiger partial charge in [0.25, 0.3) is 0 Å². The van der Waals surface area contributed by atoms with Crippen LogP contribution in [0, 0.1) is 13.5 Å². The average Bonchev–Trinajstić information content (AvgIpc) is 2.59. The molecule has 0 saturated heterocycles. The summed E-state index contributed by atoms with van der Waals surface area (Å²) in [6, 6.07) is 0. The van der Waals surface area contributed by atoms with Crippen molar-refractivity contribution in [2.24, 2.45) is 0 Å². The molecule has 0 fully saturated rings. The summed E-state index contributed by atoms with van der Waals surface area (Å²) in [5.41, 5.74) is 0. The number of hydrogen-bond acceptors (Lipinski definition) is 6. The van der Waals surface area contributed by atoms with E-state index in [9.17, 15) is 9.59 Å². The number of rotatable bonds is 5. The van der Waals surface area contributed by atoms with Gasteiger partial charge in [-0.15, -0.1) is 6.54 Å². The van der Waals surface area contributed by atoms with Gasteiger partial charge in [-0.3, -0.25) is 4.79 Å². The summed E-state index contributed by atoms with van der Waals surface area (Å²) in [4.78, 5) is 21.0. The number of hydrogen-bond donors (Lipinski definition) is 1. The third-order valence-corrected chi connectivity index (χ3v) is 1.56. The summed E-state index contributed by atoms with van der Waals surface area (Å²) in [6.07, 6.45) is 0. The first kappa shape index (κ1) is 19.3. The monoisotopic (exact) mass is 346 g/mol. The van der Waals surface area contributed by atoms with Gasteiger partial charge in [0, 0.05) is 19.2 Å². The molecule has 0 unspecified atom stereocenters. The molecule has 0 aromatic carbocycles. The van der Waals surface area contributed by atoms with Crippen LogP contribution in [0.2, 0.25) is 0 Å². The van der Waals surface area contributed by atoms with Crippen LogP contribution >= 0.6 is 0 Å². The van der Waals surface area contributed by atoms with Gasteiger partial charge in [0.1, 0.15) is 6.61 Å². The molecule has 0 saturated carbocycles. The quantitative estimate of drug-likeness (QED) is 0.374. The Kier molecular flexibility index (Phi) is 11.8. The molecule has 1 rings (SSSR count). The van der Waals surface area contributed by atoms with E-state index in [0.717, 1.165) is 0 Å². The molecule has 1 aromatic rings. The van der Waals surface area contributed by atoms with Crippen LogP contribution in [-0.2, 0) is 29.0 Å².